The summed E-state index contributed by atoms with van der Waals surface area (Å²) in [5.41, 5.74) is 8.92. The molecule has 0 aliphatic rings. The molecule has 0 aliphatic carbocycles. The second-order valence-corrected chi connectivity index (χ2v) is 5.86. The van der Waals surface area contributed by atoms with E-state index >= 15 is 0 Å². The van der Waals surface area contributed by atoms with Gasteiger partial charge in [-0.3, -0.25) is 0 Å². The van der Waals surface area contributed by atoms with Gasteiger partial charge in [0.2, 0.25) is 5.95 Å². The van der Waals surface area contributed by atoms with Crippen LogP contribution in [0.15, 0.2) is 48.5 Å². The average Bonchev–Trinajstić information content (AvgIpc) is 2.53. The highest BCUT2D eigenvalue weighted by molar-refractivity contribution is 6.29. The molecule has 122 valence electrons. The van der Waals surface area contributed by atoms with Crippen LogP contribution in [-0.4, -0.2) is 9.97 Å². The normalized spacial score (nSPS) is 10.6. The lowest BCUT2D eigenvalue weighted by Gasteiger charge is -2.08. The van der Waals surface area contributed by atoms with Crippen molar-refractivity contribution in [3.05, 3.63) is 70.6 Å². The number of halogens is 2. The van der Waals surface area contributed by atoms with Crippen LogP contribution in [0.3, 0.4) is 0 Å². The lowest BCUT2D eigenvalue weighted by atomic mass is 10.0. The summed E-state index contributed by atoms with van der Waals surface area (Å²) < 4.78 is 14.0. The Labute approximate surface area is 144 Å². The van der Waals surface area contributed by atoms with Gasteiger partial charge in [-0.1, -0.05) is 48.0 Å². The van der Waals surface area contributed by atoms with Crippen molar-refractivity contribution in [2.24, 2.45) is 0 Å². The molecule has 0 saturated carbocycles. The molecule has 1 aromatic heterocycles. The van der Waals surface area contributed by atoms with Gasteiger partial charge in [-0.15, -0.1) is 0 Å². The Morgan fingerprint density at radius 2 is 1.83 bits per heavy atom. The van der Waals surface area contributed by atoms with Crippen LogP contribution in [0.5, 0.6) is 0 Å². The van der Waals surface area contributed by atoms with Gasteiger partial charge >= 0.3 is 0 Å². The molecule has 0 fully saturated rings. The third kappa shape index (κ3) is 3.81. The van der Waals surface area contributed by atoms with Gasteiger partial charge in [0, 0.05) is 18.2 Å². The number of nitrogen functional groups attached to an aromatic ring is 1. The SMILES string of the molecule is Cc1ccc(-c2ccc(CNc3cc(Cl)nc(N)n3)cc2)c(F)c1. The molecule has 0 spiro atoms. The first-order valence-corrected chi connectivity index (χ1v) is 7.78. The maximum absolute atomic E-state index is 14.0. The molecule has 0 atom stereocenters. The quantitative estimate of drug-likeness (QED) is 0.688. The average molecular weight is 343 g/mol. The molecule has 1 heterocycles. The summed E-state index contributed by atoms with van der Waals surface area (Å²) in [5, 5.41) is 3.42. The molecule has 2 aromatic carbocycles. The smallest absolute Gasteiger partial charge is 0.223 e. The van der Waals surface area contributed by atoms with Crippen LogP contribution in [0.1, 0.15) is 11.1 Å². The number of rotatable bonds is 4. The van der Waals surface area contributed by atoms with E-state index in [1.165, 1.54) is 6.07 Å². The van der Waals surface area contributed by atoms with Crippen LogP contribution in [-0.2, 0) is 6.54 Å². The number of aromatic nitrogens is 2. The standard InChI is InChI=1S/C18H16ClFN4/c1-11-2-7-14(15(20)8-11)13-5-3-12(4-6-13)10-22-17-9-16(19)23-18(21)24-17/h2-9H,10H2,1H3,(H3,21,22,23,24). The van der Waals surface area contributed by atoms with Crippen molar-refractivity contribution in [2.45, 2.75) is 13.5 Å². The molecular formula is C18H16ClFN4. The van der Waals surface area contributed by atoms with Crippen LogP contribution >= 0.6 is 11.6 Å². The van der Waals surface area contributed by atoms with Crippen molar-refractivity contribution < 1.29 is 4.39 Å². The third-order valence-corrected chi connectivity index (χ3v) is 3.77. The Bertz CT molecular complexity index is 845. The fourth-order valence-corrected chi connectivity index (χ4v) is 2.56. The zero-order valence-corrected chi connectivity index (χ0v) is 13.8. The fraction of sp³-hybridized carbons (Fsp3) is 0.111. The number of nitrogens with one attached hydrogen (secondary N) is 1. The predicted octanol–water partition coefficient (Wildman–Crippen LogP) is 4.44. The van der Waals surface area contributed by atoms with Crippen molar-refractivity contribution >= 4 is 23.4 Å². The molecule has 3 N–H and O–H groups in total. The van der Waals surface area contributed by atoms with Gasteiger partial charge in [-0.05, 0) is 29.7 Å². The van der Waals surface area contributed by atoms with E-state index in [1.54, 1.807) is 12.1 Å². The minimum Gasteiger partial charge on any atom is -0.368 e. The maximum atomic E-state index is 14.0. The monoisotopic (exact) mass is 342 g/mol. The zero-order chi connectivity index (χ0) is 17.1. The number of benzene rings is 2. The molecule has 3 rings (SSSR count). The first kappa shape index (κ1) is 16.2. The summed E-state index contributed by atoms with van der Waals surface area (Å²) in [7, 11) is 0. The number of anilines is 2. The van der Waals surface area contributed by atoms with Crippen LogP contribution < -0.4 is 11.1 Å². The second-order valence-electron chi connectivity index (χ2n) is 5.47. The van der Waals surface area contributed by atoms with Gasteiger partial charge < -0.3 is 11.1 Å². The summed E-state index contributed by atoms with van der Waals surface area (Å²) >= 11 is 5.84. The van der Waals surface area contributed by atoms with Gasteiger partial charge in [-0.2, -0.15) is 4.98 Å². The maximum Gasteiger partial charge on any atom is 0.223 e. The van der Waals surface area contributed by atoms with E-state index in [0.29, 0.717) is 17.9 Å². The minimum atomic E-state index is -0.216. The highest BCUT2D eigenvalue weighted by atomic mass is 35.5. The first-order valence-electron chi connectivity index (χ1n) is 7.40. The van der Waals surface area contributed by atoms with E-state index in [9.17, 15) is 4.39 Å². The van der Waals surface area contributed by atoms with Crippen molar-refractivity contribution in [3.63, 3.8) is 0 Å². The Balaban J connectivity index is 1.72. The Morgan fingerprint density at radius 1 is 1.08 bits per heavy atom. The Hall–Kier alpha value is -2.66. The molecule has 0 amide bonds. The summed E-state index contributed by atoms with van der Waals surface area (Å²) in [6.07, 6.45) is 0. The van der Waals surface area contributed by atoms with Gasteiger partial charge in [-0.25, -0.2) is 9.37 Å². The molecular weight excluding hydrogens is 327 g/mol. The van der Waals surface area contributed by atoms with E-state index in [0.717, 1.165) is 16.7 Å². The summed E-state index contributed by atoms with van der Waals surface area (Å²) in [6.45, 7) is 2.41. The van der Waals surface area contributed by atoms with E-state index in [1.807, 2.05) is 37.3 Å². The van der Waals surface area contributed by atoms with Crippen LogP contribution in [0.25, 0.3) is 11.1 Å². The molecule has 24 heavy (non-hydrogen) atoms. The van der Waals surface area contributed by atoms with E-state index in [4.69, 9.17) is 17.3 Å². The van der Waals surface area contributed by atoms with Crippen LogP contribution in [0.4, 0.5) is 16.2 Å². The summed E-state index contributed by atoms with van der Waals surface area (Å²) in [4.78, 5) is 7.86. The van der Waals surface area contributed by atoms with Crippen molar-refractivity contribution in [3.8, 4) is 11.1 Å². The van der Waals surface area contributed by atoms with Crippen LogP contribution in [0, 0.1) is 12.7 Å². The van der Waals surface area contributed by atoms with Gasteiger partial charge in [0.15, 0.2) is 0 Å². The zero-order valence-electron chi connectivity index (χ0n) is 13.1. The number of hydrogen-bond acceptors (Lipinski definition) is 4. The van der Waals surface area contributed by atoms with E-state index in [-0.39, 0.29) is 16.9 Å². The first-order chi connectivity index (χ1) is 11.5. The molecule has 0 saturated heterocycles. The molecule has 0 radical (unpaired) electrons. The second kappa shape index (κ2) is 6.84. The van der Waals surface area contributed by atoms with Gasteiger partial charge in [0.25, 0.3) is 0 Å². The predicted molar refractivity (Wildman–Crippen MR) is 95.4 cm³/mol. The Morgan fingerprint density at radius 3 is 2.50 bits per heavy atom. The molecule has 0 unspecified atom stereocenters. The highest BCUT2D eigenvalue weighted by Crippen LogP contribution is 2.24. The van der Waals surface area contributed by atoms with E-state index < -0.39 is 0 Å². The van der Waals surface area contributed by atoms with Crippen molar-refractivity contribution in [2.75, 3.05) is 11.1 Å². The fourth-order valence-electron chi connectivity index (χ4n) is 2.37. The Kier molecular flexibility index (Phi) is 4.62. The highest BCUT2D eigenvalue weighted by Gasteiger charge is 2.05. The van der Waals surface area contributed by atoms with Crippen LogP contribution in [0.2, 0.25) is 5.15 Å². The summed E-state index contributed by atoms with van der Waals surface area (Å²) in [5.74, 6) is 0.461. The number of nitrogens with zero attached hydrogens (tertiary/aromatic N) is 2. The number of hydrogen-bond donors (Lipinski definition) is 2. The third-order valence-electron chi connectivity index (χ3n) is 3.58. The topological polar surface area (TPSA) is 63.8 Å². The largest absolute Gasteiger partial charge is 0.368 e. The number of aryl methyl sites for hydroxylation is 1. The van der Waals surface area contributed by atoms with Gasteiger partial charge in [0.05, 0.1) is 0 Å². The number of nitrogens with two attached hydrogens (primary N) is 1. The molecule has 6 heteroatoms. The summed E-state index contributed by atoms with van der Waals surface area (Å²) in [6, 6.07) is 14.5. The lowest BCUT2D eigenvalue weighted by molar-refractivity contribution is 0.630. The molecule has 0 bridgehead atoms. The lowest BCUT2D eigenvalue weighted by Crippen LogP contribution is -2.04. The van der Waals surface area contributed by atoms with Crippen molar-refractivity contribution in [1.82, 2.24) is 9.97 Å². The molecule has 3 aromatic rings. The van der Waals surface area contributed by atoms with Crippen molar-refractivity contribution in [1.29, 1.82) is 0 Å². The van der Waals surface area contributed by atoms with Gasteiger partial charge in [0.1, 0.15) is 16.8 Å². The van der Waals surface area contributed by atoms with E-state index in [2.05, 4.69) is 15.3 Å². The molecule has 0 aliphatic heterocycles. The molecule has 4 nitrogen and oxygen atoms in total. The minimum absolute atomic E-state index is 0.121.